The van der Waals surface area contributed by atoms with Crippen molar-refractivity contribution in [2.24, 2.45) is 5.92 Å². The maximum atomic E-state index is 12.6. The third kappa shape index (κ3) is 5.79. The van der Waals surface area contributed by atoms with E-state index in [1.807, 2.05) is 6.92 Å². The van der Waals surface area contributed by atoms with Crippen LogP contribution in [0.1, 0.15) is 48.9 Å². The molecule has 2 aromatic rings. The molecule has 1 atom stereocenters. The van der Waals surface area contributed by atoms with Crippen LogP contribution in [-0.2, 0) is 6.18 Å². The first-order valence-corrected chi connectivity index (χ1v) is 9.73. The van der Waals surface area contributed by atoms with Crippen LogP contribution in [0.25, 0.3) is 11.4 Å². The summed E-state index contributed by atoms with van der Waals surface area (Å²) in [5.41, 5.74) is 0.753. The molecule has 1 fully saturated rings. The summed E-state index contributed by atoms with van der Waals surface area (Å²) in [5, 5.41) is 6.29. The molecule has 1 amide bonds. The minimum atomic E-state index is -4.69. The van der Waals surface area contributed by atoms with Crippen molar-refractivity contribution in [3.8, 4) is 11.4 Å². The van der Waals surface area contributed by atoms with Gasteiger partial charge in [-0.1, -0.05) is 30.1 Å². The number of benzene rings is 1. The average Bonchev–Trinajstić information content (AvgIpc) is 3.33. The molecule has 1 heterocycles. The number of hydrogen-bond acceptors (Lipinski definition) is 5. The van der Waals surface area contributed by atoms with Crippen LogP contribution in [-0.4, -0.2) is 47.1 Å². The average molecular weight is 410 g/mol. The summed E-state index contributed by atoms with van der Waals surface area (Å²) in [5.74, 6) is -1.06. The first-order chi connectivity index (χ1) is 13.7. The summed E-state index contributed by atoms with van der Waals surface area (Å²) in [6.07, 6.45) is 0.487. The second kappa shape index (κ2) is 8.94. The SMILES string of the molecule is C[C@H](CN(C)CC1CCCC1)NC(=O)c1ccc(-c2noc(C(F)(F)F)n2)cc1. The van der Waals surface area contributed by atoms with E-state index in [-0.39, 0.29) is 17.8 Å². The van der Waals surface area contributed by atoms with Crippen LogP contribution in [0.4, 0.5) is 13.2 Å². The lowest BCUT2D eigenvalue weighted by atomic mass is 10.1. The second-order valence-corrected chi connectivity index (χ2v) is 7.74. The normalized spacial score (nSPS) is 16.3. The van der Waals surface area contributed by atoms with Gasteiger partial charge in [-0.2, -0.15) is 18.2 Å². The molecule has 1 aliphatic rings. The van der Waals surface area contributed by atoms with Gasteiger partial charge in [0.2, 0.25) is 5.82 Å². The lowest BCUT2D eigenvalue weighted by Gasteiger charge is -2.24. The molecule has 1 N–H and O–H groups in total. The summed E-state index contributed by atoms with van der Waals surface area (Å²) in [6, 6.07) is 6.03. The van der Waals surface area contributed by atoms with E-state index in [1.165, 1.54) is 49.9 Å². The van der Waals surface area contributed by atoms with Crippen LogP contribution < -0.4 is 5.32 Å². The minimum Gasteiger partial charge on any atom is -0.348 e. The van der Waals surface area contributed by atoms with Gasteiger partial charge in [0, 0.05) is 30.3 Å². The predicted molar refractivity (Wildman–Crippen MR) is 101 cm³/mol. The topological polar surface area (TPSA) is 71.3 Å². The predicted octanol–water partition coefficient (Wildman–Crippen LogP) is 4.00. The van der Waals surface area contributed by atoms with Crippen LogP contribution in [0.5, 0.6) is 0 Å². The highest BCUT2D eigenvalue weighted by molar-refractivity contribution is 5.94. The fourth-order valence-corrected chi connectivity index (χ4v) is 3.76. The van der Waals surface area contributed by atoms with Crippen LogP contribution in [0.2, 0.25) is 0 Å². The van der Waals surface area contributed by atoms with Gasteiger partial charge in [0.05, 0.1) is 0 Å². The summed E-state index contributed by atoms with van der Waals surface area (Å²) >= 11 is 0. The summed E-state index contributed by atoms with van der Waals surface area (Å²) < 4.78 is 41.9. The van der Waals surface area contributed by atoms with Crippen molar-refractivity contribution in [1.29, 1.82) is 0 Å². The first kappa shape index (κ1) is 21.3. The van der Waals surface area contributed by atoms with Crippen LogP contribution in [0, 0.1) is 5.92 Å². The Morgan fingerprint density at radius 2 is 1.93 bits per heavy atom. The molecule has 158 valence electrons. The highest BCUT2D eigenvalue weighted by Gasteiger charge is 2.38. The van der Waals surface area contributed by atoms with Crippen molar-refractivity contribution in [3.05, 3.63) is 35.7 Å². The van der Waals surface area contributed by atoms with E-state index < -0.39 is 12.1 Å². The van der Waals surface area contributed by atoms with Gasteiger partial charge >= 0.3 is 12.1 Å². The third-order valence-electron chi connectivity index (χ3n) is 5.08. The molecule has 1 aliphatic carbocycles. The van der Waals surface area contributed by atoms with E-state index >= 15 is 0 Å². The highest BCUT2D eigenvalue weighted by Crippen LogP contribution is 2.29. The van der Waals surface area contributed by atoms with E-state index in [2.05, 4.69) is 31.9 Å². The van der Waals surface area contributed by atoms with Crippen LogP contribution >= 0.6 is 0 Å². The maximum absolute atomic E-state index is 12.6. The van der Waals surface area contributed by atoms with Crippen molar-refractivity contribution >= 4 is 5.91 Å². The van der Waals surface area contributed by atoms with Gasteiger partial charge in [-0.25, -0.2) is 0 Å². The molecular formula is C20H25F3N4O2. The van der Waals surface area contributed by atoms with E-state index in [0.29, 0.717) is 11.1 Å². The standard InChI is InChI=1S/C20H25F3N4O2/c1-13(11-27(2)12-14-5-3-4-6-14)24-18(28)16-9-7-15(8-10-16)17-25-19(29-26-17)20(21,22)23/h7-10,13-14H,3-6,11-12H2,1-2H3,(H,24,28)/t13-/m1/s1. The van der Waals surface area contributed by atoms with Gasteiger partial charge < -0.3 is 14.7 Å². The number of amides is 1. The molecule has 1 aromatic heterocycles. The third-order valence-corrected chi connectivity index (χ3v) is 5.08. The number of alkyl halides is 3. The first-order valence-electron chi connectivity index (χ1n) is 9.73. The van der Waals surface area contributed by atoms with Crippen LogP contribution in [0.3, 0.4) is 0 Å². The van der Waals surface area contributed by atoms with Crippen molar-refractivity contribution in [1.82, 2.24) is 20.4 Å². The number of nitrogens with one attached hydrogen (secondary N) is 1. The van der Waals surface area contributed by atoms with E-state index in [4.69, 9.17) is 0 Å². The smallest absolute Gasteiger partial charge is 0.348 e. The lowest BCUT2D eigenvalue weighted by Crippen LogP contribution is -2.41. The molecule has 6 nitrogen and oxygen atoms in total. The van der Waals surface area contributed by atoms with Crippen LogP contribution in [0.15, 0.2) is 28.8 Å². The number of carbonyl (C=O) groups excluding carboxylic acids is 1. The van der Waals surface area contributed by atoms with E-state index in [1.54, 1.807) is 0 Å². The Morgan fingerprint density at radius 1 is 1.28 bits per heavy atom. The molecule has 9 heteroatoms. The largest absolute Gasteiger partial charge is 0.471 e. The van der Waals surface area contributed by atoms with Gasteiger partial charge in [0.25, 0.3) is 5.91 Å². The molecule has 0 spiro atoms. The Hall–Kier alpha value is -2.42. The summed E-state index contributed by atoms with van der Waals surface area (Å²) in [7, 11) is 2.07. The summed E-state index contributed by atoms with van der Waals surface area (Å²) in [6.45, 7) is 3.75. The number of nitrogens with zero attached hydrogens (tertiary/aromatic N) is 3. The fourth-order valence-electron chi connectivity index (χ4n) is 3.76. The van der Waals surface area contributed by atoms with Gasteiger partial charge in [0.15, 0.2) is 0 Å². The Kier molecular flexibility index (Phi) is 6.56. The quantitative estimate of drug-likeness (QED) is 0.747. The van der Waals surface area contributed by atoms with E-state index in [9.17, 15) is 18.0 Å². The number of rotatable bonds is 7. The Bertz CT molecular complexity index is 814. The maximum Gasteiger partial charge on any atom is 0.471 e. The van der Waals surface area contributed by atoms with Crippen molar-refractivity contribution < 1.29 is 22.5 Å². The number of carbonyl (C=O) groups is 1. The fraction of sp³-hybridized carbons (Fsp3) is 0.550. The Labute approximate surface area is 167 Å². The zero-order valence-electron chi connectivity index (χ0n) is 16.5. The molecule has 0 radical (unpaired) electrons. The highest BCUT2D eigenvalue weighted by atomic mass is 19.4. The summed E-state index contributed by atoms with van der Waals surface area (Å²) in [4.78, 5) is 18.0. The molecule has 3 rings (SSSR count). The molecule has 0 saturated heterocycles. The van der Waals surface area contributed by atoms with Gasteiger partial charge in [-0.05, 0) is 44.9 Å². The zero-order chi connectivity index (χ0) is 21.0. The molecule has 1 saturated carbocycles. The monoisotopic (exact) mass is 410 g/mol. The Morgan fingerprint density at radius 3 is 2.52 bits per heavy atom. The number of aromatic nitrogens is 2. The van der Waals surface area contributed by atoms with Crippen molar-refractivity contribution in [2.75, 3.05) is 20.1 Å². The lowest BCUT2D eigenvalue weighted by molar-refractivity contribution is -0.159. The Balaban J connectivity index is 1.53. The van der Waals surface area contributed by atoms with E-state index in [0.717, 1.165) is 19.0 Å². The molecule has 0 unspecified atom stereocenters. The van der Waals surface area contributed by atoms with Crippen molar-refractivity contribution in [3.63, 3.8) is 0 Å². The van der Waals surface area contributed by atoms with Crippen molar-refractivity contribution in [2.45, 2.75) is 44.8 Å². The zero-order valence-corrected chi connectivity index (χ0v) is 16.5. The molecule has 29 heavy (non-hydrogen) atoms. The minimum absolute atomic E-state index is 0.0277. The van der Waals surface area contributed by atoms with Gasteiger partial charge in [-0.3, -0.25) is 4.79 Å². The number of halogens is 3. The number of hydrogen-bond donors (Lipinski definition) is 1. The number of likely N-dealkylation sites (N-methyl/N-ethyl adjacent to an activating group) is 1. The molecule has 0 bridgehead atoms. The molecule has 1 aromatic carbocycles. The molecule has 0 aliphatic heterocycles. The van der Waals surface area contributed by atoms with Gasteiger partial charge in [0.1, 0.15) is 0 Å². The van der Waals surface area contributed by atoms with Gasteiger partial charge in [-0.15, -0.1) is 0 Å². The molecular weight excluding hydrogens is 385 g/mol. The second-order valence-electron chi connectivity index (χ2n) is 7.74.